The molecule has 3 rings (SSSR count). The van der Waals surface area contributed by atoms with Crippen molar-refractivity contribution in [1.82, 2.24) is 10.2 Å². The molecule has 188 valence electrons. The number of hydrogen-bond acceptors (Lipinski definition) is 6. The summed E-state index contributed by atoms with van der Waals surface area (Å²) in [4.78, 5) is 38.2. The summed E-state index contributed by atoms with van der Waals surface area (Å²) in [5.41, 5.74) is 1.52. The summed E-state index contributed by atoms with van der Waals surface area (Å²) in [5.74, 6) is 1.59. The van der Waals surface area contributed by atoms with Crippen LogP contribution in [0.3, 0.4) is 0 Å². The smallest absolute Gasteiger partial charge is 0.308 e. The molecule has 1 aliphatic heterocycles. The molecule has 2 aromatic carbocycles. The first-order valence-electron chi connectivity index (χ1n) is 12.0. The van der Waals surface area contributed by atoms with Gasteiger partial charge in [0.15, 0.2) is 11.5 Å². The molecule has 0 spiro atoms. The van der Waals surface area contributed by atoms with E-state index in [0.29, 0.717) is 67.8 Å². The first kappa shape index (κ1) is 26.1. The molecule has 0 aliphatic carbocycles. The third-order valence-electron chi connectivity index (χ3n) is 6.00. The zero-order chi connectivity index (χ0) is 25.2. The summed E-state index contributed by atoms with van der Waals surface area (Å²) in [5, 5.41) is 3.04. The molecule has 35 heavy (non-hydrogen) atoms. The maximum absolute atomic E-state index is 12.8. The van der Waals surface area contributed by atoms with Crippen LogP contribution in [-0.2, 0) is 16.0 Å². The SMILES string of the molecule is CCOc1ccc(CCC(=O)NCC2CCN(C(=O)c3cccc(OC(C)=O)c3)CC2)cc1OC. The number of amides is 2. The van der Waals surface area contributed by atoms with Crippen molar-refractivity contribution in [1.29, 1.82) is 0 Å². The second kappa shape index (κ2) is 12.8. The molecule has 8 nitrogen and oxygen atoms in total. The molecule has 0 saturated carbocycles. The number of rotatable bonds is 10. The Morgan fingerprint density at radius 2 is 1.83 bits per heavy atom. The van der Waals surface area contributed by atoms with Gasteiger partial charge < -0.3 is 24.4 Å². The number of piperidine rings is 1. The van der Waals surface area contributed by atoms with E-state index in [1.807, 2.05) is 30.0 Å². The molecule has 8 heteroatoms. The normalized spacial score (nSPS) is 13.7. The minimum atomic E-state index is -0.420. The van der Waals surface area contributed by atoms with E-state index in [1.165, 1.54) is 6.92 Å². The Balaban J connectivity index is 1.41. The fraction of sp³-hybridized carbons (Fsp3) is 0.444. The van der Waals surface area contributed by atoms with Gasteiger partial charge in [-0.25, -0.2) is 0 Å². The quantitative estimate of drug-likeness (QED) is 0.411. The number of nitrogens with zero attached hydrogens (tertiary/aromatic N) is 1. The predicted molar refractivity (Wildman–Crippen MR) is 132 cm³/mol. The van der Waals surface area contributed by atoms with Crippen LogP contribution in [0.15, 0.2) is 42.5 Å². The second-order valence-corrected chi connectivity index (χ2v) is 8.58. The van der Waals surface area contributed by atoms with Crippen LogP contribution in [-0.4, -0.2) is 56.0 Å². The fourth-order valence-electron chi connectivity index (χ4n) is 4.13. The maximum atomic E-state index is 12.8. The number of nitrogens with one attached hydrogen (secondary N) is 1. The van der Waals surface area contributed by atoms with Gasteiger partial charge >= 0.3 is 5.97 Å². The van der Waals surface area contributed by atoms with Crippen molar-refractivity contribution < 1.29 is 28.6 Å². The van der Waals surface area contributed by atoms with Crippen molar-refractivity contribution in [3.63, 3.8) is 0 Å². The van der Waals surface area contributed by atoms with Crippen LogP contribution in [0.2, 0.25) is 0 Å². The van der Waals surface area contributed by atoms with E-state index < -0.39 is 5.97 Å². The zero-order valence-corrected chi connectivity index (χ0v) is 20.7. The summed E-state index contributed by atoms with van der Waals surface area (Å²) in [6.07, 6.45) is 2.67. The largest absolute Gasteiger partial charge is 0.493 e. The van der Waals surface area contributed by atoms with Gasteiger partial charge in [0, 0.05) is 38.5 Å². The number of hydrogen-bond donors (Lipinski definition) is 1. The number of methoxy groups -OCH3 is 1. The Labute approximate surface area is 206 Å². The Bertz CT molecular complexity index is 1030. The van der Waals surface area contributed by atoms with Gasteiger partial charge in [-0.05, 0) is 68.0 Å². The molecule has 1 N–H and O–H groups in total. The maximum Gasteiger partial charge on any atom is 0.308 e. The van der Waals surface area contributed by atoms with E-state index in [1.54, 1.807) is 31.4 Å². The highest BCUT2D eigenvalue weighted by Crippen LogP contribution is 2.28. The number of esters is 1. The van der Waals surface area contributed by atoms with Gasteiger partial charge in [0.25, 0.3) is 5.91 Å². The van der Waals surface area contributed by atoms with Gasteiger partial charge in [-0.1, -0.05) is 12.1 Å². The predicted octanol–water partition coefficient (Wildman–Crippen LogP) is 3.62. The highest BCUT2D eigenvalue weighted by atomic mass is 16.5. The van der Waals surface area contributed by atoms with Gasteiger partial charge in [-0.2, -0.15) is 0 Å². The highest BCUT2D eigenvalue weighted by Gasteiger charge is 2.24. The Morgan fingerprint density at radius 3 is 2.51 bits per heavy atom. The molecule has 0 radical (unpaired) electrons. The third kappa shape index (κ3) is 7.73. The van der Waals surface area contributed by atoms with Crippen LogP contribution < -0.4 is 19.5 Å². The Hall–Kier alpha value is -3.55. The fourth-order valence-corrected chi connectivity index (χ4v) is 4.13. The lowest BCUT2D eigenvalue weighted by Gasteiger charge is -2.32. The van der Waals surface area contributed by atoms with E-state index in [2.05, 4.69) is 5.32 Å². The summed E-state index contributed by atoms with van der Waals surface area (Å²) >= 11 is 0. The van der Waals surface area contributed by atoms with Crippen LogP contribution in [0.4, 0.5) is 0 Å². The molecule has 2 amide bonds. The number of ether oxygens (including phenoxy) is 3. The van der Waals surface area contributed by atoms with E-state index >= 15 is 0 Å². The van der Waals surface area contributed by atoms with Crippen molar-refractivity contribution in [3.8, 4) is 17.2 Å². The molecule has 1 heterocycles. The van der Waals surface area contributed by atoms with Crippen molar-refractivity contribution in [2.24, 2.45) is 5.92 Å². The number of benzene rings is 2. The molecular weight excluding hydrogens is 448 g/mol. The summed E-state index contributed by atoms with van der Waals surface area (Å²) in [6, 6.07) is 12.4. The van der Waals surface area contributed by atoms with Crippen LogP contribution in [0.25, 0.3) is 0 Å². The van der Waals surface area contributed by atoms with Crippen LogP contribution in [0, 0.1) is 5.92 Å². The standard InChI is InChI=1S/C27H34N2O6/c1-4-34-24-10-8-20(16-25(24)33-3)9-11-26(31)28-18-21-12-14-29(15-13-21)27(32)22-6-5-7-23(17-22)35-19(2)30/h5-8,10,16-17,21H,4,9,11-15,18H2,1-3H3,(H,28,31). The molecule has 0 bridgehead atoms. The number of carbonyl (C=O) groups excluding carboxylic acids is 3. The Kier molecular flexibility index (Phi) is 9.52. The lowest BCUT2D eigenvalue weighted by molar-refractivity contribution is -0.131. The van der Waals surface area contributed by atoms with Crippen molar-refractivity contribution in [2.75, 3.05) is 33.4 Å². The first-order chi connectivity index (χ1) is 16.9. The van der Waals surface area contributed by atoms with E-state index in [9.17, 15) is 14.4 Å². The molecule has 2 aromatic rings. The topological polar surface area (TPSA) is 94.2 Å². The molecular formula is C27H34N2O6. The van der Waals surface area contributed by atoms with Gasteiger partial charge in [0.05, 0.1) is 13.7 Å². The zero-order valence-electron chi connectivity index (χ0n) is 20.7. The molecule has 1 fully saturated rings. The summed E-state index contributed by atoms with van der Waals surface area (Å²) in [6.45, 7) is 5.68. The first-order valence-corrected chi connectivity index (χ1v) is 12.0. The molecule has 0 atom stereocenters. The highest BCUT2D eigenvalue weighted by molar-refractivity contribution is 5.94. The summed E-state index contributed by atoms with van der Waals surface area (Å²) < 4.78 is 16.0. The molecule has 1 aliphatic rings. The van der Waals surface area contributed by atoms with Crippen molar-refractivity contribution in [3.05, 3.63) is 53.6 Å². The van der Waals surface area contributed by atoms with Crippen molar-refractivity contribution >= 4 is 17.8 Å². The van der Waals surface area contributed by atoms with Gasteiger partial charge in [0.2, 0.25) is 5.91 Å². The monoisotopic (exact) mass is 482 g/mol. The van der Waals surface area contributed by atoms with Crippen LogP contribution >= 0.6 is 0 Å². The lowest BCUT2D eigenvalue weighted by Crippen LogP contribution is -2.41. The van der Waals surface area contributed by atoms with Gasteiger partial charge in [-0.15, -0.1) is 0 Å². The summed E-state index contributed by atoms with van der Waals surface area (Å²) in [7, 11) is 1.60. The number of likely N-dealkylation sites (tertiary alicyclic amines) is 1. The minimum Gasteiger partial charge on any atom is -0.493 e. The minimum absolute atomic E-state index is 0.0126. The Morgan fingerprint density at radius 1 is 1.06 bits per heavy atom. The number of aryl methyl sites for hydroxylation is 1. The lowest BCUT2D eigenvalue weighted by atomic mass is 9.96. The molecule has 1 saturated heterocycles. The van der Waals surface area contributed by atoms with Crippen LogP contribution in [0.5, 0.6) is 17.2 Å². The third-order valence-corrected chi connectivity index (χ3v) is 6.00. The van der Waals surface area contributed by atoms with E-state index in [4.69, 9.17) is 14.2 Å². The molecule has 0 aromatic heterocycles. The van der Waals surface area contributed by atoms with E-state index in [-0.39, 0.29) is 11.8 Å². The van der Waals surface area contributed by atoms with E-state index in [0.717, 1.165) is 18.4 Å². The average molecular weight is 483 g/mol. The number of carbonyl (C=O) groups is 3. The second-order valence-electron chi connectivity index (χ2n) is 8.58. The average Bonchev–Trinajstić information content (AvgIpc) is 2.86. The van der Waals surface area contributed by atoms with Gasteiger partial charge in [-0.3, -0.25) is 14.4 Å². The van der Waals surface area contributed by atoms with Gasteiger partial charge in [0.1, 0.15) is 5.75 Å². The van der Waals surface area contributed by atoms with Crippen LogP contribution in [0.1, 0.15) is 49.0 Å². The molecule has 0 unspecified atom stereocenters. The van der Waals surface area contributed by atoms with Crippen molar-refractivity contribution in [2.45, 2.75) is 39.5 Å².